The summed E-state index contributed by atoms with van der Waals surface area (Å²) in [6, 6.07) is 8.98. The maximum Gasteiger partial charge on any atom is 0.361 e. The van der Waals surface area contributed by atoms with Crippen LogP contribution >= 0.6 is 0 Å². The second-order valence-corrected chi connectivity index (χ2v) is 6.43. The summed E-state index contributed by atoms with van der Waals surface area (Å²) < 4.78 is 1.15. The predicted molar refractivity (Wildman–Crippen MR) is 107 cm³/mol. The second kappa shape index (κ2) is 7.89. The van der Waals surface area contributed by atoms with Gasteiger partial charge in [0.15, 0.2) is 0 Å². The van der Waals surface area contributed by atoms with Crippen molar-refractivity contribution in [2.24, 2.45) is 5.10 Å². The van der Waals surface area contributed by atoms with Crippen molar-refractivity contribution in [1.82, 2.24) is 14.8 Å². The standard InChI is InChI=1S/C19H18N6O4/c1-11-4-6-14(7-5-11)9-20-23-18(27)17-19(25(28)29)24-10-15(21-13(3)26)12(2)8-16(24)22-17/h4-10H,1-3H3,(H,21,26)(H,23,27)/b20-9+. The molecule has 2 aromatic heterocycles. The molecule has 0 aliphatic heterocycles. The van der Waals surface area contributed by atoms with E-state index in [1.54, 1.807) is 13.0 Å². The SMILES string of the molecule is CC(=O)Nc1cn2c([N+](=O)[O-])c(C(=O)N/N=C/c3ccc(C)cc3)nc2cc1C. The molecule has 2 amide bonds. The number of rotatable bonds is 5. The van der Waals surface area contributed by atoms with Gasteiger partial charge < -0.3 is 15.4 Å². The van der Waals surface area contributed by atoms with E-state index in [1.165, 1.54) is 19.3 Å². The third kappa shape index (κ3) is 4.26. The summed E-state index contributed by atoms with van der Waals surface area (Å²) in [6.07, 6.45) is 2.79. The predicted octanol–water partition coefficient (Wildman–Crippen LogP) is 2.58. The van der Waals surface area contributed by atoms with Gasteiger partial charge in [-0.15, -0.1) is 0 Å². The van der Waals surface area contributed by atoms with Crippen LogP contribution in [0.3, 0.4) is 0 Å². The first-order chi connectivity index (χ1) is 13.8. The first kappa shape index (κ1) is 19.7. The number of nitrogens with zero attached hydrogens (tertiary/aromatic N) is 4. The third-order valence-corrected chi connectivity index (χ3v) is 4.10. The molecule has 29 heavy (non-hydrogen) atoms. The molecule has 0 unspecified atom stereocenters. The number of fused-ring (bicyclic) bond motifs is 1. The number of anilines is 1. The van der Waals surface area contributed by atoms with Crippen molar-refractivity contribution in [1.29, 1.82) is 0 Å². The zero-order chi connectivity index (χ0) is 21.1. The number of amides is 2. The van der Waals surface area contributed by atoms with Gasteiger partial charge in [0.25, 0.3) is 5.91 Å². The number of carbonyl (C=O) groups is 2. The maximum atomic E-state index is 12.5. The lowest BCUT2D eigenvalue weighted by Crippen LogP contribution is -2.19. The Morgan fingerprint density at radius 3 is 2.55 bits per heavy atom. The average Bonchev–Trinajstić information content (AvgIpc) is 3.01. The number of nitro groups is 1. The fraction of sp³-hybridized carbons (Fsp3) is 0.158. The zero-order valence-electron chi connectivity index (χ0n) is 16.0. The number of pyridine rings is 1. The lowest BCUT2D eigenvalue weighted by Gasteiger charge is -2.04. The summed E-state index contributed by atoms with van der Waals surface area (Å²) in [7, 11) is 0. The van der Waals surface area contributed by atoms with Gasteiger partial charge in [-0.2, -0.15) is 14.5 Å². The van der Waals surface area contributed by atoms with E-state index in [-0.39, 0.29) is 17.2 Å². The summed E-state index contributed by atoms with van der Waals surface area (Å²) in [5, 5.41) is 18.0. The van der Waals surface area contributed by atoms with Crippen molar-refractivity contribution >= 4 is 35.2 Å². The molecule has 10 nitrogen and oxygen atoms in total. The van der Waals surface area contributed by atoms with Crippen LogP contribution in [0.5, 0.6) is 0 Å². The number of imidazole rings is 1. The Hall–Kier alpha value is -4.08. The first-order valence-corrected chi connectivity index (χ1v) is 8.61. The van der Waals surface area contributed by atoms with Gasteiger partial charge >= 0.3 is 5.82 Å². The largest absolute Gasteiger partial charge is 0.361 e. The number of nitrogens with one attached hydrogen (secondary N) is 2. The summed E-state index contributed by atoms with van der Waals surface area (Å²) in [6.45, 7) is 5.00. The van der Waals surface area contributed by atoms with E-state index in [2.05, 4.69) is 20.8 Å². The fourth-order valence-electron chi connectivity index (χ4n) is 2.69. The van der Waals surface area contributed by atoms with Crippen LogP contribution in [-0.2, 0) is 4.79 Å². The Morgan fingerprint density at radius 1 is 1.24 bits per heavy atom. The smallest absolute Gasteiger partial charge is 0.358 e. The van der Waals surface area contributed by atoms with E-state index in [0.29, 0.717) is 11.3 Å². The maximum absolute atomic E-state index is 12.5. The molecule has 0 atom stereocenters. The Morgan fingerprint density at radius 2 is 1.93 bits per heavy atom. The summed E-state index contributed by atoms with van der Waals surface area (Å²) in [4.78, 5) is 38.8. The molecule has 3 rings (SSSR count). The van der Waals surface area contributed by atoms with Crippen LogP contribution in [0.15, 0.2) is 41.6 Å². The van der Waals surface area contributed by atoms with Crippen LogP contribution in [0.1, 0.15) is 34.1 Å². The quantitative estimate of drug-likeness (QED) is 0.390. The van der Waals surface area contributed by atoms with Gasteiger partial charge in [-0.3, -0.25) is 9.59 Å². The number of aryl methyl sites for hydroxylation is 2. The first-order valence-electron chi connectivity index (χ1n) is 8.61. The van der Waals surface area contributed by atoms with Crippen LogP contribution in [0.2, 0.25) is 0 Å². The van der Waals surface area contributed by atoms with E-state index < -0.39 is 16.6 Å². The van der Waals surface area contributed by atoms with Crippen molar-refractivity contribution in [2.45, 2.75) is 20.8 Å². The highest BCUT2D eigenvalue weighted by Gasteiger charge is 2.28. The van der Waals surface area contributed by atoms with Crippen molar-refractivity contribution in [2.75, 3.05) is 5.32 Å². The second-order valence-electron chi connectivity index (χ2n) is 6.43. The monoisotopic (exact) mass is 394 g/mol. The molecule has 0 saturated heterocycles. The van der Waals surface area contributed by atoms with Crippen LogP contribution in [-0.4, -0.2) is 32.3 Å². The number of benzene rings is 1. The molecule has 0 aliphatic rings. The minimum atomic E-state index is -0.817. The van der Waals surface area contributed by atoms with Crippen LogP contribution < -0.4 is 10.7 Å². The van der Waals surface area contributed by atoms with Gasteiger partial charge in [0.05, 0.1) is 11.9 Å². The number of hydrazone groups is 1. The van der Waals surface area contributed by atoms with Crippen molar-refractivity contribution < 1.29 is 14.5 Å². The molecular formula is C19H18N6O4. The van der Waals surface area contributed by atoms with Crippen LogP contribution in [0.4, 0.5) is 11.5 Å². The highest BCUT2D eigenvalue weighted by Crippen LogP contribution is 2.25. The van der Waals surface area contributed by atoms with Crippen LogP contribution in [0.25, 0.3) is 5.65 Å². The molecule has 0 saturated carbocycles. The highest BCUT2D eigenvalue weighted by molar-refractivity contribution is 5.97. The Kier molecular flexibility index (Phi) is 5.35. The molecule has 0 spiro atoms. The normalized spacial score (nSPS) is 11.0. The van der Waals surface area contributed by atoms with Gasteiger partial charge in [-0.1, -0.05) is 29.8 Å². The molecular weight excluding hydrogens is 376 g/mol. The molecule has 0 aliphatic carbocycles. The average molecular weight is 394 g/mol. The summed E-state index contributed by atoms with van der Waals surface area (Å²) in [5.41, 5.74) is 4.96. The topological polar surface area (TPSA) is 131 Å². The highest BCUT2D eigenvalue weighted by atomic mass is 16.6. The van der Waals surface area contributed by atoms with E-state index in [4.69, 9.17) is 0 Å². The number of carbonyl (C=O) groups excluding carboxylic acids is 2. The van der Waals surface area contributed by atoms with Crippen molar-refractivity contribution in [3.8, 4) is 0 Å². The molecule has 2 N–H and O–H groups in total. The van der Waals surface area contributed by atoms with Gasteiger partial charge in [-0.25, -0.2) is 5.43 Å². The zero-order valence-corrected chi connectivity index (χ0v) is 16.0. The lowest BCUT2D eigenvalue weighted by atomic mass is 10.2. The molecule has 0 fully saturated rings. The number of hydrogen-bond donors (Lipinski definition) is 2. The molecule has 1 aromatic carbocycles. The van der Waals surface area contributed by atoms with Crippen molar-refractivity contribution in [3.63, 3.8) is 0 Å². The van der Waals surface area contributed by atoms with Gasteiger partial charge in [0, 0.05) is 13.0 Å². The number of aromatic nitrogens is 2. The molecule has 148 valence electrons. The minimum absolute atomic E-state index is 0.205. The van der Waals surface area contributed by atoms with Gasteiger partial charge in [-0.05, 0) is 29.9 Å². The van der Waals surface area contributed by atoms with E-state index in [9.17, 15) is 19.7 Å². The Balaban J connectivity index is 1.94. The van der Waals surface area contributed by atoms with E-state index in [0.717, 1.165) is 15.5 Å². The van der Waals surface area contributed by atoms with Gasteiger partial charge in [0.2, 0.25) is 17.2 Å². The van der Waals surface area contributed by atoms with Gasteiger partial charge in [0.1, 0.15) is 6.20 Å². The minimum Gasteiger partial charge on any atom is -0.358 e. The molecule has 3 aromatic rings. The molecule has 0 bridgehead atoms. The molecule has 0 radical (unpaired) electrons. The van der Waals surface area contributed by atoms with Crippen molar-refractivity contribution in [3.05, 3.63) is 69.0 Å². The Bertz CT molecular complexity index is 1150. The number of hydrogen-bond acceptors (Lipinski definition) is 6. The summed E-state index contributed by atoms with van der Waals surface area (Å²) in [5.74, 6) is -1.66. The summed E-state index contributed by atoms with van der Waals surface area (Å²) >= 11 is 0. The third-order valence-electron chi connectivity index (χ3n) is 4.10. The van der Waals surface area contributed by atoms with E-state index in [1.807, 2.05) is 31.2 Å². The lowest BCUT2D eigenvalue weighted by molar-refractivity contribution is -0.390. The fourth-order valence-corrected chi connectivity index (χ4v) is 2.69. The molecule has 2 heterocycles. The van der Waals surface area contributed by atoms with E-state index >= 15 is 0 Å². The Labute approximate surface area is 165 Å². The molecule has 10 heteroatoms. The van der Waals surface area contributed by atoms with Crippen LogP contribution in [0, 0.1) is 24.0 Å².